The van der Waals surface area contributed by atoms with E-state index >= 15 is 0 Å². The van der Waals surface area contributed by atoms with Gasteiger partial charge in [0.25, 0.3) is 0 Å². The molecule has 0 aliphatic heterocycles. The van der Waals surface area contributed by atoms with E-state index in [1.54, 1.807) is 25.2 Å². The summed E-state index contributed by atoms with van der Waals surface area (Å²) in [6.07, 6.45) is 0.201. The predicted octanol–water partition coefficient (Wildman–Crippen LogP) is 4.56. The Bertz CT molecular complexity index is 990. The quantitative estimate of drug-likeness (QED) is 0.542. The molecule has 1 heterocycles. The lowest BCUT2D eigenvalue weighted by molar-refractivity contribution is -0.130. The third-order valence-corrected chi connectivity index (χ3v) is 5.45. The molecule has 0 spiro atoms. The zero-order valence-electron chi connectivity index (χ0n) is 16.6. The molecule has 0 N–H and O–H groups in total. The van der Waals surface area contributed by atoms with Crippen LogP contribution in [0.4, 0.5) is 4.39 Å². The number of benzene rings is 2. The molecular formula is C22H23FN2O3S. The number of amides is 1. The number of likely N-dealkylation sites (N-methyl/N-ethyl adjacent to an activating group) is 1. The van der Waals surface area contributed by atoms with Crippen LogP contribution in [0.2, 0.25) is 0 Å². The standard InChI is InChI=1S/C22H23FN2O3S/c1-4-25(13-15-6-5-7-17(23)10-15)21(26)12-18-14-29-22(24-18)16-8-9-19(27-2)20(11-16)28-3/h5-11,14H,4,12-13H2,1-3H3. The second-order valence-corrected chi connectivity index (χ2v) is 7.29. The highest BCUT2D eigenvalue weighted by Crippen LogP contribution is 2.33. The van der Waals surface area contributed by atoms with Crippen molar-refractivity contribution < 1.29 is 18.7 Å². The molecule has 0 fully saturated rings. The lowest BCUT2D eigenvalue weighted by Gasteiger charge is -2.20. The lowest BCUT2D eigenvalue weighted by atomic mass is 10.2. The highest BCUT2D eigenvalue weighted by Gasteiger charge is 2.16. The Hall–Kier alpha value is -2.93. The van der Waals surface area contributed by atoms with Crippen molar-refractivity contribution in [3.05, 3.63) is 64.9 Å². The number of methoxy groups -OCH3 is 2. The average Bonchev–Trinajstić information content (AvgIpc) is 3.19. The number of carbonyl (C=O) groups excluding carboxylic acids is 1. The van der Waals surface area contributed by atoms with E-state index in [9.17, 15) is 9.18 Å². The number of halogens is 1. The Labute approximate surface area is 173 Å². The van der Waals surface area contributed by atoms with Crippen LogP contribution in [0.1, 0.15) is 18.2 Å². The van der Waals surface area contributed by atoms with Crippen LogP contribution in [-0.2, 0) is 17.8 Å². The highest BCUT2D eigenvalue weighted by molar-refractivity contribution is 7.13. The van der Waals surface area contributed by atoms with Crippen molar-refractivity contribution in [3.63, 3.8) is 0 Å². The molecule has 3 aromatic rings. The van der Waals surface area contributed by atoms with Gasteiger partial charge in [-0.3, -0.25) is 4.79 Å². The van der Waals surface area contributed by atoms with Gasteiger partial charge in [0, 0.05) is 24.0 Å². The monoisotopic (exact) mass is 414 g/mol. The third-order valence-electron chi connectivity index (χ3n) is 4.51. The van der Waals surface area contributed by atoms with E-state index in [0.29, 0.717) is 30.3 Å². The van der Waals surface area contributed by atoms with Crippen molar-refractivity contribution in [3.8, 4) is 22.1 Å². The maximum atomic E-state index is 13.4. The van der Waals surface area contributed by atoms with E-state index in [1.807, 2.05) is 36.6 Å². The van der Waals surface area contributed by atoms with Gasteiger partial charge in [0.15, 0.2) is 11.5 Å². The smallest absolute Gasteiger partial charge is 0.228 e. The number of rotatable bonds is 8. The molecule has 0 bridgehead atoms. The number of carbonyl (C=O) groups is 1. The predicted molar refractivity (Wildman–Crippen MR) is 112 cm³/mol. The first kappa shape index (κ1) is 20.8. The van der Waals surface area contributed by atoms with Gasteiger partial charge in [-0.05, 0) is 42.8 Å². The molecule has 0 saturated heterocycles. The summed E-state index contributed by atoms with van der Waals surface area (Å²) in [4.78, 5) is 19.0. The summed E-state index contributed by atoms with van der Waals surface area (Å²) in [5.74, 6) is 0.940. The number of hydrogen-bond donors (Lipinski definition) is 0. The van der Waals surface area contributed by atoms with E-state index in [2.05, 4.69) is 4.98 Å². The fraction of sp³-hybridized carbons (Fsp3) is 0.273. The number of ether oxygens (including phenoxy) is 2. The van der Waals surface area contributed by atoms with Crippen LogP contribution in [0.3, 0.4) is 0 Å². The van der Waals surface area contributed by atoms with Crippen LogP contribution in [0.25, 0.3) is 10.6 Å². The van der Waals surface area contributed by atoms with E-state index < -0.39 is 0 Å². The maximum absolute atomic E-state index is 13.4. The molecule has 0 unspecified atom stereocenters. The zero-order chi connectivity index (χ0) is 20.8. The Morgan fingerprint density at radius 3 is 2.62 bits per heavy atom. The van der Waals surface area contributed by atoms with E-state index in [0.717, 1.165) is 16.1 Å². The summed E-state index contributed by atoms with van der Waals surface area (Å²) < 4.78 is 24.0. The maximum Gasteiger partial charge on any atom is 0.228 e. The van der Waals surface area contributed by atoms with Gasteiger partial charge in [0.05, 0.1) is 26.3 Å². The molecule has 29 heavy (non-hydrogen) atoms. The second-order valence-electron chi connectivity index (χ2n) is 6.43. The van der Waals surface area contributed by atoms with Crippen LogP contribution in [-0.4, -0.2) is 36.6 Å². The molecular weight excluding hydrogens is 391 g/mol. The zero-order valence-corrected chi connectivity index (χ0v) is 17.5. The van der Waals surface area contributed by atoms with Crippen molar-refractivity contribution in [1.29, 1.82) is 0 Å². The minimum absolute atomic E-state index is 0.0408. The number of nitrogens with zero attached hydrogens (tertiary/aromatic N) is 2. The van der Waals surface area contributed by atoms with Crippen LogP contribution in [0, 0.1) is 5.82 Å². The van der Waals surface area contributed by atoms with E-state index in [1.165, 1.54) is 23.5 Å². The van der Waals surface area contributed by atoms with Gasteiger partial charge in [0.2, 0.25) is 5.91 Å². The normalized spacial score (nSPS) is 10.6. The van der Waals surface area contributed by atoms with Crippen LogP contribution < -0.4 is 9.47 Å². The Kier molecular flexibility index (Phi) is 6.82. The van der Waals surface area contributed by atoms with Crippen LogP contribution in [0.5, 0.6) is 11.5 Å². The molecule has 3 rings (SSSR count). The van der Waals surface area contributed by atoms with Crippen molar-refractivity contribution in [2.75, 3.05) is 20.8 Å². The summed E-state index contributed by atoms with van der Waals surface area (Å²) in [7, 11) is 3.18. The second kappa shape index (κ2) is 9.52. The van der Waals surface area contributed by atoms with Crippen LogP contribution >= 0.6 is 11.3 Å². The molecule has 1 aromatic heterocycles. The molecule has 5 nitrogen and oxygen atoms in total. The minimum atomic E-state index is -0.301. The Morgan fingerprint density at radius 2 is 1.93 bits per heavy atom. The number of hydrogen-bond acceptors (Lipinski definition) is 5. The molecule has 0 radical (unpaired) electrons. The lowest BCUT2D eigenvalue weighted by Crippen LogP contribution is -2.31. The molecule has 7 heteroatoms. The number of aromatic nitrogens is 1. The summed E-state index contributed by atoms with van der Waals surface area (Å²) in [6, 6.07) is 11.9. The fourth-order valence-electron chi connectivity index (χ4n) is 2.99. The van der Waals surface area contributed by atoms with Crippen molar-refractivity contribution >= 4 is 17.2 Å². The topological polar surface area (TPSA) is 51.7 Å². The highest BCUT2D eigenvalue weighted by atomic mass is 32.1. The molecule has 0 saturated carbocycles. The molecule has 2 aromatic carbocycles. The molecule has 152 valence electrons. The van der Waals surface area contributed by atoms with Gasteiger partial charge < -0.3 is 14.4 Å². The van der Waals surface area contributed by atoms with Gasteiger partial charge in [-0.1, -0.05) is 12.1 Å². The average molecular weight is 415 g/mol. The Balaban J connectivity index is 1.71. The molecule has 1 amide bonds. The SMILES string of the molecule is CCN(Cc1cccc(F)c1)C(=O)Cc1csc(-c2ccc(OC)c(OC)c2)n1. The molecule has 0 aliphatic carbocycles. The van der Waals surface area contributed by atoms with Crippen molar-refractivity contribution in [1.82, 2.24) is 9.88 Å². The molecule has 0 atom stereocenters. The summed E-state index contributed by atoms with van der Waals surface area (Å²) in [6.45, 7) is 2.83. The van der Waals surface area contributed by atoms with E-state index in [-0.39, 0.29) is 18.1 Å². The number of thiazole rings is 1. The van der Waals surface area contributed by atoms with Gasteiger partial charge in [-0.2, -0.15) is 0 Å². The Morgan fingerprint density at radius 1 is 1.14 bits per heavy atom. The summed E-state index contributed by atoms with van der Waals surface area (Å²) in [5, 5.41) is 2.70. The van der Waals surface area contributed by atoms with Gasteiger partial charge in [-0.25, -0.2) is 9.37 Å². The first-order valence-corrected chi connectivity index (χ1v) is 10.1. The third kappa shape index (κ3) is 5.12. The molecule has 0 aliphatic rings. The van der Waals surface area contributed by atoms with Gasteiger partial charge in [-0.15, -0.1) is 11.3 Å². The fourth-order valence-corrected chi connectivity index (χ4v) is 3.81. The first-order valence-electron chi connectivity index (χ1n) is 9.23. The largest absolute Gasteiger partial charge is 0.493 e. The van der Waals surface area contributed by atoms with Gasteiger partial charge >= 0.3 is 0 Å². The van der Waals surface area contributed by atoms with E-state index in [4.69, 9.17) is 9.47 Å². The van der Waals surface area contributed by atoms with Crippen LogP contribution in [0.15, 0.2) is 47.8 Å². The van der Waals surface area contributed by atoms with Crippen molar-refractivity contribution in [2.24, 2.45) is 0 Å². The summed E-state index contributed by atoms with van der Waals surface area (Å²) >= 11 is 1.47. The minimum Gasteiger partial charge on any atom is -0.493 e. The van der Waals surface area contributed by atoms with Crippen molar-refractivity contribution in [2.45, 2.75) is 19.9 Å². The first-order chi connectivity index (χ1) is 14.0. The summed E-state index contributed by atoms with van der Waals surface area (Å²) in [5.41, 5.74) is 2.38. The van der Waals surface area contributed by atoms with Gasteiger partial charge in [0.1, 0.15) is 10.8 Å².